The zero-order valence-electron chi connectivity index (χ0n) is 12.3. The molecule has 1 aromatic carbocycles. The molecule has 0 aliphatic carbocycles. The van der Waals surface area contributed by atoms with Crippen LogP contribution in [-0.2, 0) is 4.79 Å². The van der Waals surface area contributed by atoms with E-state index in [4.69, 9.17) is 0 Å². The number of hydrogen-bond donors (Lipinski definition) is 1. The standard InChI is InChI=1S/C16H17N3O3/c1-16(15(21)22)6-9-18(11-16)14(20)12-4-2-5-13(10-12)19-8-3-7-17-19/h2-5,7-8,10H,6,9,11H2,1H3,(H,21,22)/t16-/m1/s1. The van der Waals surface area contributed by atoms with Crippen molar-refractivity contribution in [3.63, 3.8) is 0 Å². The van der Waals surface area contributed by atoms with E-state index in [2.05, 4.69) is 5.10 Å². The first kappa shape index (κ1) is 14.3. The van der Waals surface area contributed by atoms with Gasteiger partial charge in [-0.15, -0.1) is 0 Å². The molecule has 1 aliphatic rings. The molecule has 22 heavy (non-hydrogen) atoms. The van der Waals surface area contributed by atoms with Gasteiger partial charge in [0.2, 0.25) is 0 Å². The summed E-state index contributed by atoms with van der Waals surface area (Å²) in [7, 11) is 0. The molecule has 1 saturated heterocycles. The summed E-state index contributed by atoms with van der Waals surface area (Å²) in [4.78, 5) is 25.5. The van der Waals surface area contributed by atoms with Gasteiger partial charge in [-0.1, -0.05) is 6.07 Å². The predicted molar refractivity (Wildman–Crippen MR) is 79.8 cm³/mol. The SMILES string of the molecule is C[C@@]1(C(=O)O)CCN(C(=O)c2cccc(-n3cccn3)c2)C1. The third kappa shape index (κ3) is 2.47. The summed E-state index contributed by atoms with van der Waals surface area (Å²) in [5, 5.41) is 13.4. The number of nitrogens with zero attached hydrogens (tertiary/aromatic N) is 3. The largest absolute Gasteiger partial charge is 0.481 e. The summed E-state index contributed by atoms with van der Waals surface area (Å²) in [5.41, 5.74) is 0.494. The second-order valence-electron chi connectivity index (χ2n) is 5.84. The Bertz CT molecular complexity index is 711. The number of hydrogen-bond acceptors (Lipinski definition) is 3. The van der Waals surface area contributed by atoms with Gasteiger partial charge in [0.25, 0.3) is 5.91 Å². The van der Waals surface area contributed by atoms with Crippen LogP contribution in [0.25, 0.3) is 5.69 Å². The van der Waals surface area contributed by atoms with Crippen LogP contribution >= 0.6 is 0 Å². The minimum absolute atomic E-state index is 0.140. The Balaban J connectivity index is 1.82. The van der Waals surface area contributed by atoms with Crippen molar-refractivity contribution in [2.24, 2.45) is 5.41 Å². The van der Waals surface area contributed by atoms with Crippen molar-refractivity contribution in [1.82, 2.24) is 14.7 Å². The molecule has 1 aliphatic heterocycles. The number of benzene rings is 1. The van der Waals surface area contributed by atoms with Crippen LogP contribution in [0.1, 0.15) is 23.7 Å². The highest BCUT2D eigenvalue weighted by molar-refractivity contribution is 5.95. The minimum Gasteiger partial charge on any atom is -0.481 e. The van der Waals surface area contributed by atoms with Gasteiger partial charge < -0.3 is 10.0 Å². The second kappa shape index (κ2) is 5.29. The highest BCUT2D eigenvalue weighted by Gasteiger charge is 2.42. The van der Waals surface area contributed by atoms with Crippen molar-refractivity contribution in [1.29, 1.82) is 0 Å². The van der Waals surface area contributed by atoms with E-state index in [0.29, 0.717) is 18.5 Å². The number of carbonyl (C=O) groups excluding carboxylic acids is 1. The van der Waals surface area contributed by atoms with Crippen LogP contribution in [0.5, 0.6) is 0 Å². The molecule has 114 valence electrons. The van der Waals surface area contributed by atoms with Crippen molar-refractivity contribution in [2.75, 3.05) is 13.1 Å². The fraction of sp³-hybridized carbons (Fsp3) is 0.312. The molecule has 0 saturated carbocycles. The zero-order chi connectivity index (χ0) is 15.7. The van der Waals surface area contributed by atoms with Gasteiger partial charge in [-0.05, 0) is 37.6 Å². The molecule has 0 bridgehead atoms. The summed E-state index contributed by atoms with van der Waals surface area (Å²) in [6.45, 7) is 2.39. The van der Waals surface area contributed by atoms with E-state index in [-0.39, 0.29) is 12.5 Å². The molecule has 1 fully saturated rings. The van der Waals surface area contributed by atoms with Crippen LogP contribution in [-0.4, -0.2) is 44.8 Å². The fourth-order valence-electron chi connectivity index (χ4n) is 2.69. The number of carboxylic acid groups (broad SMARTS) is 1. The summed E-state index contributed by atoms with van der Waals surface area (Å²) < 4.78 is 1.68. The topological polar surface area (TPSA) is 75.4 Å². The second-order valence-corrected chi connectivity index (χ2v) is 5.84. The van der Waals surface area contributed by atoms with Crippen LogP contribution in [0.2, 0.25) is 0 Å². The van der Waals surface area contributed by atoms with Gasteiger partial charge in [-0.3, -0.25) is 9.59 Å². The fourth-order valence-corrected chi connectivity index (χ4v) is 2.69. The Hall–Kier alpha value is -2.63. The Morgan fingerprint density at radius 2 is 2.14 bits per heavy atom. The Morgan fingerprint density at radius 1 is 1.32 bits per heavy atom. The minimum atomic E-state index is -0.854. The van der Waals surface area contributed by atoms with Crippen molar-refractivity contribution >= 4 is 11.9 Å². The first-order valence-corrected chi connectivity index (χ1v) is 7.12. The number of amides is 1. The molecular weight excluding hydrogens is 282 g/mol. The van der Waals surface area contributed by atoms with E-state index in [9.17, 15) is 14.7 Å². The van der Waals surface area contributed by atoms with E-state index < -0.39 is 11.4 Å². The molecule has 2 aromatic rings. The van der Waals surface area contributed by atoms with Gasteiger partial charge in [-0.25, -0.2) is 4.68 Å². The number of carbonyl (C=O) groups is 2. The quantitative estimate of drug-likeness (QED) is 0.938. The lowest BCUT2D eigenvalue weighted by Gasteiger charge is -2.20. The lowest BCUT2D eigenvalue weighted by Crippen LogP contribution is -2.34. The Morgan fingerprint density at radius 3 is 2.77 bits per heavy atom. The summed E-state index contributed by atoms with van der Waals surface area (Å²) in [6.07, 6.45) is 3.96. The van der Waals surface area contributed by atoms with Crippen molar-refractivity contribution in [3.8, 4) is 5.69 Å². The van der Waals surface area contributed by atoms with Gasteiger partial charge in [-0.2, -0.15) is 5.10 Å². The van der Waals surface area contributed by atoms with Gasteiger partial charge in [0.1, 0.15) is 0 Å². The summed E-state index contributed by atoms with van der Waals surface area (Å²) >= 11 is 0. The van der Waals surface area contributed by atoms with Crippen LogP contribution in [0.3, 0.4) is 0 Å². The average Bonchev–Trinajstić information content (AvgIpc) is 3.17. The monoisotopic (exact) mass is 299 g/mol. The van der Waals surface area contributed by atoms with Gasteiger partial charge >= 0.3 is 5.97 Å². The molecule has 1 amide bonds. The molecule has 2 heterocycles. The molecule has 0 radical (unpaired) electrons. The molecule has 3 rings (SSSR count). The lowest BCUT2D eigenvalue weighted by atomic mass is 9.90. The van der Waals surface area contributed by atoms with Crippen molar-refractivity contribution in [2.45, 2.75) is 13.3 Å². The maximum absolute atomic E-state index is 12.6. The third-order valence-electron chi connectivity index (χ3n) is 4.14. The van der Waals surface area contributed by atoms with Crippen LogP contribution in [0.4, 0.5) is 0 Å². The number of aliphatic carboxylic acids is 1. The van der Waals surface area contributed by atoms with Gasteiger partial charge in [0, 0.05) is 31.0 Å². The van der Waals surface area contributed by atoms with Crippen LogP contribution in [0.15, 0.2) is 42.7 Å². The van der Waals surface area contributed by atoms with Crippen LogP contribution < -0.4 is 0 Å². The van der Waals surface area contributed by atoms with E-state index in [1.807, 2.05) is 12.1 Å². The van der Waals surface area contributed by atoms with Gasteiger partial charge in [0.15, 0.2) is 0 Å². The first-order valence-electron chi connectivity index (χ1n) is 7.12. The maximum Gasteiger partial charge on any atom is 0.311 e. The normalized spacial score (nSPS) is 21.0. The predicted octanol–water partition coefficient (Wildman–Crippen LogP) is 1.81. The number of rotatable bonds is 3. The molecule has 0 spiro atoms. The molecule has 1 aromatic heterocycles. The van der Waals surface area contributed by atoms with E-state index >= 15 is 0 Å². The molecule has 6 nitrogen and oxygen atoms in total. The Kier molecular flexibility index (Phi) is 3.44. The van der Waals surface area contributed by atoms with Crippen molar-refractivity contribution < 1.29 is 14.7 Å². The highest BCUT2D eigenvalue weighted by atomic mass is 16.4. The Labute approximate surface area is 128 Å². The van der Waals surface area contributed by atoms with E-state index in [1.165, 1.54) is 0 Å². The lowest BCUT2D eigenvalue weighted by molar-refractivity contribution is -0.147. The van der Waals surface area contributed by atoms with Gasteiger partial charge in [0.05, 0.1) is 11.1 Å². The maximum atomic E-state index is 12.6. The molecule has 0 unspecified atom stereocenters. The molecule has 1 N–H and O–H groups in total. The smallest absolute Gasteiger partial charge is 0.311 e. The van der Waals surface area contributed by atoms with Crippen molar-refractivity contribution in [3.05, 3.63) is 48.3 Å². The number of likely N-dealkylation sites (tertiary alicyclic amines) is 1. The third-order valence-corrected chi connectivity index (χ3v) is 4.14. The average molecular weight is 299 g/mol. The van der Waals surface area contributed by atoms with Crippen LogP contribution in [0, 0.1) is 5.41 Å². The highest BCUT2D eigenvalue weighted by Crippen LogP contribution is 2.31. The zero-order valence-corrected chi connectivity index (χ0v) is 12.3. The summed E-state index contributed by atoms with van der Waals surface area (Å²) in [6, 6.07) is 9.00. The molecular formula is C16H17N3O3. The van der Waals surface area contributed by atoms with E-state index in [0.717, 1.165) is 5.69 Å². The van der Waals surface area contributed by atoms with E-state index in [1.54, 1.807) is 47.1 Å². The molecule has 6 heteroatoms. The molecule has 1 atom stereocenters. The first-order chi connectivity index (χ1) is 10.5. The summed E-state index contributed by atoms with van der Waals surface area (Å²) in [5.74, 6) is -0.993. The number of aromatic nitrogens is 2. The number of carboxylic acids is 1.